The van der Waals surface area contributed by atoms with Gasteiger partial charge >= 0.3 is 0 Å². The van der Waals surface area contributed by atoms with E-state index in [-0.39, 0.29) is 0 Å². The molecule has 52 valence electrons. The highest BCUT2D eigenvalue weighted by molar-refractivity contribution is 7.78. The predicted octanol–water partition coefficient (Wildman–Crippen LogP) is 0.523. The molecule has 11 heavy (non-hydrogen) atoms. The minimum absolute atomic E-state index is 0.739. The Morgan fingerprint density at radius 2 is 2.27 bits per heavy atom. The molecule has 0 saturated carbocycles. The van der Waals surface area contributed by atoms with Crippen LogP contribution in [-0.4, -0.2) is 16.8 Å². The number of rotatable bonds is 0. The molecule has 0 aliphatic carbocycles. The van der Waals surface area contributed by atoms with E-state index < -0.39 is 0 Å². The molecule has 0 aliphatic rings. The first-order valence-electron chi connectivity index (χ1n) is 3.20. The van der Waals surface area contributed by atoms with Gasteiger partial charge in [0.2, 0.25) is 0 Å². The Balaban J connectivity index is 2.94. The molecule has 0 atom stereocenters. The third-order valence-electron chi connectivity index (χ3n) is 1.60. The van der Waals surface area contributed by atoms with Crippen molar-refractivity contribution in [2.45, 2.75) is 0 Å². The number of nitrogens with zero attached hydrogens (tertiary/aromatic N) is 2. The van der Waals surface area contributed by atoms with Crippen LogP contribution in [0.15, 0.2) is 24.5 Å². The summed E-state index contributed by atoms with van der Waals surface area (Å²) in [6, 6.07) is 3.67. The first kappa shape index (κ1) is 6.79. The van der Waals surface area contributed by atoms with Crippen molar-refractivity contribution in [3.63, 3.8) is 0 Å². The van der Waals surface area contributed by atoms with Gasteiger partial charge in [-0.05, 0) is 6.07 Å². The van der Waals surface area contributed by atoms with Crippen molar-refractivity contribution in [1.29, 1.82) is 0 Å². The molecule has 0 spiro atoms. The van der Waals surface area contributed by atoms with Gasteiger partial charge in [-0.1, -0.05) is 24.3 Å². The van der Waals surface area contributed by atoms with Crippen molar-refractivity contribution < 1.29 is 0 Å². The summed E-state index contributed by atoms with van der Waals surface area (Å²) in [7, 11) is 5.68. The van der Waals surface area contributed by atoms with E-state index in [4.69, 9.17) is 7.85 Å². The van der Waals surface area contributed by atoms with E-state index in [2.05, 4.69) is 17.8 Å². The van der Waals surface area contributed by atoms with Crippen LogP contribution in [0.2, 0.25) is 0 Å². The van der Waals surface area contributed by atoms with Crippen LogP contribution in [0.3, 0.4) is 0 Å². The maximum absolute atomic E-state index is 5.68. The standard InChI is InChI=1S/C7H5BN2S/c8-6-1-3-9-7-5(6)2-4-10(7)11/h1-4,11H. The third-order valence-corrected chi connectivity index (χ3v) is 1.93. The van der Waals surface area contributed by atoms with E-state index in [1.807, 2.05) is 12.3 Å². The molecule has 2 aromatic rings. The molecule has 2 aromatic heterocycles. The van der Waals surface area contributed by atoms with Gasteiger partial charge < -0.3 is 0 Å². The molecule has 4 heteroatoms. The number of thiol groups is 1. The van der Waals surface area contributed by atoms with E-state index in [0.717, 1.165) is 16.5 Å². The molecule has 2 radical (unpaired) electrons. The fourth-order valence-electron chi connectivity index (χ4n) is 1.05. The van der Waals surface area contributed by atoms with Crippen LogP contribution in [0, 0.1) is 0 Å². The Labute approximate surface area is 71.2 Å². The number of pyridine rings is 1. The van der Waals surface area contributed by atoms with Crippen LogP contribution in [0.4, 0.5) is 0 Å². The highest BCUT2D eigenvalue weighted by Crippen LogP contribution is 2.10. The number of aromatic nitrogens is 2. The van der Waals surface area contributed by atoms with Crippen LogP contribution in [0.1, 0.15) is 0 Å². The Kier molecular flexibility index (Phi) is 1.42. The molecule has 0 amide bonds. The smallest absolute Gasteiger partial charge is 0.149 e. The van der Waals surface area contributed by atoms with Gasteiger partial charge in [-0.2, -0.15) is 0 Å². The molecule has 0 saturated heterocycles. The molecular weight excluding hydrogens is 155 g/mol. The molecule has 2 nitrogen and oxygen atoms in total. The van der Waals surface area contributed by atoms with Gasteiger partial charge in [0, 0.05) is 17.8 Å². The SMILES string of the molecule is [B]c1ccnc2c1ccn2S. The molecule has 0 fully saturated rings. The second-order valence-corrected chi connectivity index (χ2v) is 2.73. The lowest BCUT2D eigenvalue weighted by Crippen LogP contribution is -2.02. The molecule has 0 unspecified atom stereocenters. The molecule has 0 aliphatic heterocycles. The molecule has 0 aromatic carbocycles. The third kappa shape index (κ3) is 0.941. The van der Waals surface area contributed by atoms with Crippen molar-refractivity contribution >= 4 is 37.2 Å². The zero-order valence-electron chi connectivity index (χ0n) is 5.73. The highest BCUT2D eigenvalue weighted by Gasteiger charge is 1.99. The Morgan fingerprint density at radius 3 is 3.00 bits per heavy atom. The highest BCUT2D eigenvalue weighted by atomic mass is 32.1. The van der Waals surface area contributed by atoms with Gasteiger partial charge in [-0.3, -0.25) is 3.97 Å². The summed E-state index contributed by atoms with van der Waals surface area (Å²) < 4.78 is 1.64. The van der Waals surface area contributed by atoms with Gasteiger partial charge in [-0.15, -0.1) is 0 Å². The average molecular weight is 160 g/mol. The van der Waals surface area contributed by atoms with E-state index in [1.54, 1.807) is 16.2 Å². The summed E-state index contributed by atoms with van der Waals surface area (Å²) in [4.78, 5) is 4.11. The van der Waals surface area contributed by atoms with Crippen molar-refractivity contribution in [2.24, 2.45) is 0 Å². The van der Waals surface area contributed by atoms with Crippen LogP contribution >= 0.6 is 12.8 Å². The molecule has 2 rings (SSSR count). The summed E-state index contributed by atoms with van der Waals surface area (Å²) in [5, 5.41) is 0.947. The predicted molar refractivity (Wildman–Crippen MR) is 49.5 cm³/mol. The first-order valence-corrected chi connectivity index (χ1v) is 3.60. The van der Waals surface area contributed by atoms with Gasteiger partial charge in [0.25, 0.3) is 0 Å². The molecule has 0 bridgehead atoms. The lowest BCUT2D eigenvalue weighted by molar-refractivity contribution is 1.27. The van der Waals surface area contributed by atoms with Crippen molar-refractivity contribution in [1.82, 2.24) is 8.96 Å². The maximum atomic E-state index is 5.68. The van der Waals surface area contributed by atoms with Crippen LogP contribution in [-0.2, 0) is 0 Å². The van der Waals surface area contributed by atoms with Crippen LogP contribution in [0.25, 0.3) is 11.0 Å². The zero-order chi connectivity index (χ0) is 7.84. The Bertz CT molecular complexity index is 396. The van der Waals surface area contributed by atoms with Gasteiger partial charge in [0.15, 0.2) is 0 Å². The van der Waals surface area contributed by atoms with Gasteiger partial charge in [-0.25, -0.2) is 4.98 Å². The normalized spacial score (nSPS) is 10.6. The van der Waals surface area contributed by atoms with E-state index >= 15 is 0 Å². The lowest BCUT2D eigenvalue weighted by atomic mass is 9.95. The minimum atomic E-state index is 0.739. The fourth-order valence-corrected chi connectivity index (χ4v) is 1.27. The number of fused-ring (bicyclic) bond motifs is 1. The monoisotopic (exact) mass is 160 g/mol. The quantitative estimate of drug-likeness (QED) is 0.439. The van der Waals surface area contributed by atoms with Crippen LogP contribution < -0.4 is 5.46 Å². The Hall–Kier alpha value is -0.895. The largest absolute Gasteiger partial charge is 0.278 e. The minimum Gasteiger partial charge on any atom is -0.278 e. The van der Waals surface area contributed by atoms with Crippen molar-refractivity contribution in [3.8, 4) is 0 Å². The number of hydrogen-bond donors (Lipinski definition) is 1. The summed E-state index contributed by atoms with van der Waals surface area (Å²) in [5.74, 6) is 0. The Morgan fingerprint density at radius 1 is 1.45 bits per heavy atom. The molecule has 2 heterocycles. The summed E-state index contributed by atoms with van der Waals surface area (Å²) >= 11 is 4.15. The topological polar surface area (TPSA) is 17.8 Å². The summed E-state index contributed by atoms with van der Waals surface area (Å²) in [6.45, 7) is 0. The molecule has 0 N–H and O–H groups in total. The molecular formula is C7H5BN2S. The van der Waals surface area contributed by atoms with Gasteiger partial charge in [0.05, 0.1) is 0 Å². The first-order chi connectivity index (χ1) is 5.29. The lowest BCUT2D eigenvalue weighted by Gasteiger charge is -1.95. The van der Waals surface area contributed by atoms with Crippen LogP contribution in [0.5, 0.6) is 0 Å². The summed E-state index contributed by atoms with van der Waals surface area (Å²) in [6.07, 6.45) is 3.49. The van der Waals surface area contributed by atoms with E-state index in [0.29, 0.717) is 0 Å². The number of hydrogen-bond acceptors (Lipinski definition) is 2. The second kappa shape index (κ2) is 2.31. The van der Waals surface area contributed by atoms with E-state index in [9.17, 15) is 0 Å². The van der Waals surface area contributed by atoms with Crippen molar-refractivity contribution in [2.75, 3.05) is 0 Å². The maximum Gasteiger partial charge on any atom is 0.149 e. The summed E-state index contributed by atoms with van der Waals surface area (Å²) in [5.41, 5.74) is 1.54. The fraction of sp³-hybridized carbons (Fsp3) is 0. The average Bonchev–Trinajstić information content (AvgIpc) is 2.35. The second-order valence-electron chi connectivity index (χ2n) is 2.30. The zero-order valence-corrected chi connectivity index (χ0v) is 6.62. The van der Waals surface area contributed by atoms with Crippen molar-refractivity contribution in [3.05, 3.63) is 24.5 Å². The van der Waals surface area contributed by atoms with E-state index in [1.165, 1.54) is 0 Å². The van der Waals surface area contributed by atoms with Gasteiger partial charge in [0.1, 0.15) is 13.5 Å².